The standard InChI is InChI=1S/C10H12FN.ClH/c11-9-4-5-10-8(7-9)3-1-2-6-12-10;/h4-5,7,12H,1-3,6H2;1H. The molecule has 1 nitrogen and oxygen atoms in total. The van der Waals surface area contributed by atoms with Crippen LogP contribution >= 0.6 is 12.4 Å². The molecule has 1 heterocycles. The summed E-state index contributed by atoms with van der Waals surface area (Å²) in [5.74, 6) is -0.127. The Morgan fingerprint density at radius 3 is 2.92 bits per heavy atom. The van der Waals surface area contributed by atoms with Gasteiger partial charge in [0.25, 0.3) is 0 Å². The summed E-state index contributed by atoms with van der Waals surface area (Å²) in [6.07, 6.45) is 3.33. The quantitative estimate of drug-likeness (QED) is 0.681. The average molecular weight is 202 g/mol. The zero-order valence-corrected chi connectivity index (χ0v) is 8.16. The minimum Gasteiger partial charge on any atom is -0.385 e. The molecule has 0 radical (unpaired) electrons. The Kier molecular flexibility index (Phi) is 3.55. The second-order valence-corrected chi connectivity index (χ2v) is 3.19. The summed E-state index contributed by atoms with van der Waals surface area (Å²) in [6, 6.07) is 4.97. The maximum Gasteiger partial charge on any atom is 0.123 e. The highest BCUT2D eigenvalue weighted by molar-refractivity contribution is 5.85. The third kappa shape index (κ3) is 2.34. The van der Waals surface area contributed by atoms with Gasteiger partial charge in [0.2, 0.25) is 0 Å². The molecule has 2 rings (SSSR count). The first-order valence-corrected chi connectivity index (χ1v) is 4.38. The number of hydrogen-bond acceptors (Lipinski definition) is 1. The number of hydrogen-bond donors (Lipinski definition) is 1. The first-order chi connectivity index (χ1) is 5.86. The smallest absolute Gasteiger partial charge is 0.123 e. The van der Waals surface area contributed by atoms with Gasteiger partial charge in [-0.1, -0.05) is 0 Å². The molecule has 0 amide bonds. The zero-order valence-electron chi connectivity index (χ0n) is 7.35. The molecule has 0 aliphatic carbocycles. The fourth-order valence-corrected chi connectivity index (χ4v) is 1.61. The second kappa shape index (κ2) is 4.47. The second-order valence-electron chi connectivity index (χ2n) is 3.19. The molecule has 0 saturated carbocycles. The van der Waals surface area contributed by atoms with Crippen LogP contribution in [0.5, 0.6) is 0 Å². The van der Waals surface area contributed by atoms with Gasteiger partial charge in [0.05, 0.1) is 0 Å². The molecular formula is C10H13ClFN. The molecular weight excluding hydrogens is 189 g/mol. The van der Waals surface area contributed by atoms with Gasteiger partial charge in [-0.3, -0.25) is 0 Å². The number of nitrogens with one attached hydrogen (secondary N) is 1. The fourth-order valence-electron chi connectivity index (χ4n) is 1.61. The first-order valence-electron chi connectivity index (χ1n) is 4.38. The highest BCUT2D eigenvalue weighted by atomic mass is 35.5. The summed E-state index contributed by atoms with van der Waals surface area (Å²) in [6.45, 7) is 1.01. The van der Waals surface area contributed by atoms with Crippen LogP contribution in [0.1, 0.15) is 18.4 Å². The molecule has 72 valence electrons. The number of aryl methyl sites for hydroxylation is 1. The van der Waals surface area contributed by atoms with Crippen molar-refractivity contribution < 1.29 is 4.39 Å². The molecule has 0 fully saturated rings. The largest absolute Gasteiger partial charge is 0.385 e. The predicted octanol–water partition coefficient (Wildman–Crippen LogP) is 3.00. The molecule has 0 aromatic heterocycles. The van der Waals surface area contributed by atoms with Crippen LogP contribution in [-0.4, -0.2) is 6.54 Å². The van der Waals surface area contributed by atoms with Gasteiger partial charge in [0.1, 0.15) is 5.82 Å². The molecule has 13 heavy (non-hydrogen) atoms. The molecule has 1 N–H and O–H groups in total. The summed E-state index contributed by atoms with van der Waals surface area (Å²) in [5.41, 5.74) is 2.22. The van der Waals surface area contributed by atoms with Crippen LogP contribution in [0.3, 0.4) is 0 Å². The first kappa shape index (κ1) is 10.3. The summed E-state index contributed by atoms with van der Waals surface area (Å²) in [4.78, 5) is 0. The van der Waals surface area contributed by atoms with Crippen molar-refractivity contribution in [3.63, 3.8) is 0 Å². The van der Waals surface area contributed by atoms with Crippen LogP contribution in [0.4, 0.5) is 10.1 Å². The molecule has 3 heteroatoms. The third-order valence-electron chi connectivity index (χ3n) is 2.26. The Morgan fingerprint density at radius 2 is 2.08 bits per heavy atom. The fraction of sp³-hybridized carbons (Fsp3) is 0.400. The maximum absolute atomic E-state index is 12.8. The van der Waals surface area contributed by atoms with Crippen molar-refractivity contribution in [2.45, 2.75) is 19.3 Å². The van der Waals surface area contributed by atoms with E-state index in [1.807, 2.05) is 6.07 Å². The van der Waals surface area contributed by atoms with Crippen molar-refractivity contribution in [3.8, 4) is 0 Å². The molecule has 0 spiro atoms. The third-order valence-corrected chi connectivity index (χ3v) is 2.26. The van der Waals surface area contributed by atoms with E-state index in [0.717, 1.165) is 30.6 Å². The van der Waals surface area contributed by atoms with Crippen LogP contribution in [-0.2, 0) is 6.42 Å². The van der Waals surface area contributed by atoms with Crippen molar-refractivity contribution in [2.75, 3.05) is 11.9 Å². The highest BCUT2D eigenvalue weighted by Gasteiger charge is 2.06. The summed E-state index contributed by atoms with van der Waals surface area (Å²) >= 11 is 0. The van der Waals surface area contributed by atoms with E-state index in [2.05, 4.69) is 5.32 Å². The van der Waals surface area contributed by atoms with Gasteiger partial charge in [0.15, 0.2) is 0 Å². The maximum atomic E-state index is 12.8. The molecule has 0 bridgehead atoms. The van der Waals surface area contributed by atoms with Gasteiger partial charge < -0.3 is 5.32 Å². The Labute approximate surface area is 83.8 Å². The van der Waals surface area contributed by atoms with Crippen LogP contribution in [0.2, 0.25) is 0 Å². The minimum atomic E-state index is -0.127. The lowest BCUT2D eigenvalue weighted by molar-refractivity contribution is 0.625. The lowest BCUT2D eigenvalue weighted by atomic mass is 10.1. The van der Waals surface area contributed by atoms with Crippen LogP contribution < -0.4 is 5.32 Å². The van der Waals surface area contributed by atoms with Crippen LogP contribution in [0.15, 0.2) is 18.2 Å². The number of fused-ring (bicyclic) bond motifs is 1. The van der Waals surface area contributed by atoms with Gasteiger partial charge >= 0.3 is 0 Å². The van der Waals surface area contributed by atoms with E-state index in [4.69, 9.17) is 0 Å². The van der Waals surface area contributed by atoms with Gasteiger partial charge in [-0.25, -0.2) is 4.39 Å². The van der Waals surface area contributed by atoms with Crippen LogP contribution in [0.25, 0.3) is 0 Å². The molecule has 1 aromatic rings. The molecule has 0 atom stereocenters. The van der Waals surface area contributed by atoms with Crippen molar-refractivity contribution in [3.05, 3.63) is 29.6 Å². The molecule has 1 aromatic carbocycles. The Morgan fingerprint density at radius 1 is 1.23 bits per heavy atom. The van der Waals surface area contributed by atoms with E-state index in [1.165, 1.54) is 12.5 Å². The van der Waals surface area contributed by atoms with Gasteiger partial charge in [-0.2, -0.15) is 0 Å². The Hall–Kier alpha value is -0.760. The highest BCUT2D eigenvalue weighted by Crippen LogP contribution is 2.21. The van der Waals surface area contributed by atoms with Crippen molar-refractivity contribution >= 4 is 18.1 Å². The van der Waals surface area contributed by atoms with E-state index < -0.39 is 0 Å². The molecule has 0 unspecified atom stereocenters. The van der Waals surface area contributed by atoms with Crippen LogP contribution in [0, 0.1) is 5.82 Å². The normalized spacial score (nSPS) is 14.8. The summed E-state index contributed by atoms with van der Waals surface area (Å²) < 4.78 is 12.8. The summed E-state index contributed by atoms with van der Waals surface area (Å²) in [7, 11) is 0. The SMILES string of the molecule is Cl.Fc1ccc2c(c1)CCCCN2. The lowest BCUT2D eigenvalue weighted by Crippen LogP contribution is -1.99. The Bertz CT molecular complexity index is 288. The monoisotopic (exact) mass is 201 g/mol. The lowest BCUT2D eigenvalue weighted by Gasteiger charge is -2.06. The van der Waals surface area contributed by atoms with Crippen molar-refractivity contribution in [1.82, 2.24) is 0 Å². The number of rotatable bonds is 0. The van der Waals surface area contributed by atoms with E-state index in [1.54, 1.807) is 6.07 Å². The molecule has 1 aliphatic rings. The zero-order chi connectivity index (χ0) is 8.39. The van der Waals surface area contributed by atoms with Crippen molar-refractivity contribution in [1.29, 1.82) is 0 Å². The molecule has 1 aliphatic heterocycles. The van der Waals surface area contributed by atoms with Gasteiger partial charge in [-0.15, -0.1) is 12.4 Å². The number of halogens is 2. The van der Waals surface area contributed by atoms with Gasteiger partial charge in [0, 0.05) is 12.2 Å². The predicted molar refractivity (Wildman–Crippen MR) is 55.1 cm³/mol. The van der Waals surface area contributed by atoms with Gasteiger partial charge in [-0.05, 0) is 43.0 Å². The summed E-state index contributed by atoms with van der Waals surface area (Å²) in [5, 5.41) is 3.29. The number of anilines is 1. The Balaban J connectivity index is 0.000000845. The van der Waals surface area contributed by atoms with E-state index in [-0.39, 0.29) is 18.2 Å². The minimum absolute atomic E-state index is 0. The van der Waals surface area contributed by atoms with Crippen molar-refractivity contribution in [2.24, 2.45) is 0 Å². The van der Waals surface area contributed by atoms with E-state index >= 15 is 0 Å². The van der Waals surface area contributed by atoms with E-state index in [0.29, 0.717) is 0 Å². The molecule has 0 saturated heterocycles. The average Bonchev–Trinajstić information content (AvgIpc) is 2.28. The van der Waals surface area contributed by atoms with E-state index in [9.17, 15) is 4.39 Å². The topological polar surface area (TPSA) is 12.0 Å². The number of benzene rings is 1.